The minimum Gasteiger partial charge on any atom is -0.366 e. The Balaban J connectivity index is 1.20. The van der Waals surface area contributed by atoms with Crippen LogP contribution in [0.5, 0.6) is 0 Å². The Bertz CT molecular complexity index is 1160. The predicted molar refractivity (Wildman–Crippen MR) is 135 cm³/mol. The third-order valence-corrected chi connectivity index (χ3v) is 9.33. The monoisotopic (exact) mass is 528 g/mol. The third kappa shape index (κ3) is 4.57. The molecule has 0 aromatic carbocycles. The molecule has 2 saturated carbocycles. The van der Waals surface area contributed by atoms with E-state index in [1.54, 1.807) is 11.0 Å². The maximum absolute atomic E-state index is 13.8. The number of rotatable bonds is 6. The Morgan fingerprint density at radius 3 is 2.58 bits per heavy atom. The number of ketones is 1. The van der Waals surface area contributed by atoms with Crippen LogP contribution in [0.3, 0.4) is 0 Å². The van der Waals surface area contributed by atoms with E-state index in [1.807, 2.05) is 18.5 Å². The summed E-state index contributed by atoms with van der Waals surface area (Å²) >= 11 is 7.79. The largest absolute Gasteiger partial charge is 0.366 e. The van der Waals surface area contributed by atoms with Gasteiger partial charge in [0.2, 0.25) is 5.91 Å². The SMILES string of the molecule is O=C(NC(C(=O)N1C[C@H](Cl)[C@H]2OCC(=O)[C@H]21)C1CCCCC1)c1ccc(-c2cnc(C3CC3)nc2)s1. The maximum Gasteiger partial charge on any atom is 0.262 e. The number of fused-ring (bicyclic) bond motifs is 1. The van der Waals surface area contributed by atoms with E-state index < -0.39 is 23.6 Å². The number of carbonyl (C=O) groups excluding carboxylic acids is 3. The van der Waals surface area contributed by atoms with E-state index in [4.69, 9.17) is 16.3 Å². The average Bonchev–Trinajstić information content (AvgIpc) is 3.35. The molecule has 0 spiro atoms. The lowest BCUT2D eigenvalue weighted by Gasteiger charge is -2.34. The minimum atomic E-state index is -0.694. The van der Waals surface area contributed by atoms with Gasteiger partial charge in [-0.1, -0.05) is 19.3 Å². The molecule has 4 aliphatic rings. The summed E-state index contributed by atoms with van der Waals surface area (Å²) in [5.74, 6) is 0.776. The van der Waals surface area contributed by atoms with Gasteiger partial charge in [-0.05, 0) is 43.7 Å². The van der Waals surface area contributed by atoms with Crippen molar-refractivity contribution in [3.05, 3.63) is 35.2 Å². The Morgan fingerprint density at radius 1 is 1.11 bits per heavy atom. The van der Waals surface area contributed by atoms with E-state index in [9.17, 15) is 14.4 Å². The van der Waals surface area contributed by atoms with Gasteiger partial charge < -0.3 is 15.0 Å². The Morgan fingerprint density at radius 2 is 1.86 bits per heavy atom. The first kappa shape index (κ1) is 24.0. The second-order valence-electron chi connectivity index (χ2n) is 10.3. The van der Waals surface area contributed by atoms with Gasteiger partial charge >= 0.3 is 0 Å². The number of thiophene rings is 1. The number of likely N-dealkylation sites (tertiary alicyclic amines) is 1. The lowest BCUT2D eigenvalue weighted by atomic mass is 9.83. The second kappa shape index (κ2) is 9.84. The summed E-state index contributed by atoms with van der Waals surface area (Å²) in [6.45, 7) is 0.229. The van der Waals surface area contributed by atoms with Crippen LogP contribution in [0, 0.1) is 5.92 Å². The molecule has 36 heavy (non-hydrogen) atoms. The Hall–Kier alpha value is -2.36. The number of alkyl halides is 1. The van der Waals surface area contributed by atoms with Crippen LogP contribution in [0.4, 0.5) is 0 Å². The zero-order valence-corrected chi connectivity index (χ0v) is 21.5. The summed E-state index contributed by atoms with van der Waals surface area (Å²) < 4.78 is 5.55. The fourth-order valence-corrected chi connectivity index (χ4v) is 6.94. The van der Waals surface area contributed by atoms with Crippen molar-refractivity contribution in [1.29, 1.82) is 0 Å². The van der Waals surface area contributed by atoms with Gasteiger partial charge in [0.1, 0.15) is 30.6 Å². The second-order valence-corrected chi connectivity index (χ2v) is 12.0. The molecule has 1 N–H and O–H groups in total. The fraction of sp³-hybridized carbons (Fsp3) is 0.577. The predicted octanol–water partition coefficient (Wildman–Crippen LogP) is 3.55. The van der Waals surface area contributed by atoms with Crippen LogP contribution in [0.15, 0.2) is 24.5 Å². The standard InChI is InChI=1S/C26H29ClN4O4S/c27-17-12-31(22-18(32)13-35-23(17)22)26(34)21(14-4-2-1-3-5-14)30-25(33)20-9-8-19(36-20)16-10-28-24(29-11-16)15-6-7-15/h8-11,14-15,17,21-23H,1-7,12-13H2,(H,30,33)/t17-,21?,22+,23+/m0/s1. The summed E-state index contributed by atoms with van der Waals surface area (Å²) in [7, 11) is 0. The first-order chi connectivity index (χ1) is 17.5. The van der Waals surface area contributed by atoms with Gasteiger partial charge in [-0.2, -0.15) is 0 Å². The average molecular weight is 529 g/mol. The molecule has 0 radical (unpaired) electrons. The maximum atomic E-state index is 13.8. The molecular formula is C26H29ClN4O4S. The highest BCUT2D eigenvalue weighted by Gasteiger charge is 2.53. The van der Waals surface area contributed by atoms with Gasteiger partial charge in [-0.25, -0.2) is 9.97 Å². The summed E-state index contributed by atoms with van der Waals surface area (Å²) in [4.78, 5) is 51.6. The molecule has 0 bridgehead atoms. The van der Waals surface area contributed by atoms with Gasteiger partial charge in [0, 0.05) is 35.3 Å². The highest BCUT2D eigenvalue weighted by atomic mass is 35.5. The molecule has 8 nitrogen and oxygen atoms in total. The number of hydrogen-bond donors (Lipinski definition) is 1. The number of ether oxygens (including phenoxy) is 1. The Kier molecular flexibility index (Phi) is 6.56. The highest BCUT2D eigenvalue weighted by molar-refractivity contribution is 7.17. The molecule has 4 heterocycles. The first-order valence-corrected chi connectivity index (χ1v) is 14.1. The van der Waals surface area contributed by atoms with Gasteiger partial charge in [-0.3, -0.25) is 14.4 Å². The van der Waals surface area contributed by atoms with Crippen LogP contribution in [0.1, 0.15) is 66.4 Å². The van der Waals surface area contributed by atoms with E-state index in [1.165, 1.54) is 11.3 Å². The van der Waals surface area contributed by atoms with Crippen LogP contribution in [-0.4, -0.2) is 69.2 Å². The number of carbonyl (C=O) groups is 3. The van der Waals surface area contributed by atoms with Crippen LogP contribution in [-0.2, 0) is 14.3 Å². The molecule has 2 aliphatic heterocycles. The molecule has 2 aromatic rings. The van der Waals surface area contributed by atoms with E-state index in [0.29, 0.717) is 10.8 Å². The molecule has 190 valence electrons. The number of aromatic nitrogens is 2. The van der Waals surface area contributed by atoms with Crippen molar-refractivity contribution in [3.8, 4) is 10.4 Å². The van der Waals surface area contributed by atoms with Gasteiger partial charge in [0.05, 0.1) is 10.3 Å². The first-order valence-electron chi connectivity index (χ1n) is 12.8. The third-order valence-electron chi connectivity index (χ3n) is 7.81. The molecule has 2 saturated heterocycles. The number of Topliss-reactive ketones (excluding diaryl/α,β-unsaturated/α-hetero) is 1. The molecule has 1 unspecified atom stereocenters. The van der Waals surface area contributed by atoms with Crippen molar-refractivity contribution in [2.45, 2.75) is 74.4 Å². The molecule has 2 amide bonds. The number of nitrogens with zero attached hydrogens (tertiary/aromatic N) is 3. The highest BCUT2D eigenvalue weighted by Crippen LogP contribution is 2.38. The van der Waals surface area contributed by atoms with Crippen molar-refractivity contribution in [2.24, 2.45) is 5.92 Å². The van der Waals surface area contributed by atoms with Crippen LogP contribution >= 0.6 is 22.9 Å². The Labute approximate surface area is 218 Å². The van der Waals surface area contributed by atoms with Crippen molar-refractivity contribution < 1.29 is 19.1 Å². The van der Waals surface area contributed by atoms with Gasteiger partial charge in [-0.15, -0.1) is 22.9 Å². The van der Waals surface area contributed by atoms with Crippen LogP contribution in [0.2, 0.25) is 0 Å². The number of halogens is 1. The molecule has 2 aliphatic carbocycles. The smallest absolute Gasteiger partial charge is 0.262 e. The van der Waals surface area contributed by atoms with Crippen molar-refractivity contribution in [3.63, 3.8) is 0 Å². The summed E-state index contributed by atoms with van der Waals surface area (Å²) in [5.41, 5.74) is 0.874. The van der Waals surface area contributed by atoms with Gasteiger partial charge in [0.25, 0.3) is 5.91 Å². The summed E-state index contributed by atoms with van der Waals surface area (Å²) in [6, 6.07) is 2.32. The molecule has 6 rings (SSSR count). The van der Waals surface area contributed by atoms with Crippen molar-refractivity contribution >= 4 is 40.5 Å². The zero-order chi connectivity index (χ0) is 24.8. The topological polar surface area (TPSA) is 101 Å². The van der Waals surface area contributed by atoms with Crippen LogP contribution < -0.4 is 5.32 Å². The minimum absolute atomic E-state index is 0.0217. The number of hydrogen-bond acceptors (Lipinski definition) is 7. The molecule has 2 aromatic heterocycles. The molecule has 10 heteroatoms. The van der Waals surface area contributed by atoms with E-state index in [0.717, 1.165) is 61.2 Å². The normalized spacial score (nSPS) is 27.2. The molecule has 4 fully saturated rings. The summed E-state index contributed by atoms with van der Waals surface area (Å²) in [6.07, 6.45) is 10.4. The van der Waals surface area contributed by atoms with E-state index >= 15 is 0 Å². The quantitative estimate of drug-likeness (QED) is 0.575. The number of amides is 2. The number of nitrogens with one attached hydrogen (secondary N) is 1. The lowest BCUT2D eigenvalue weighted by Crippen LogP contribution is -2.55. The molecular weight excluding hydrogens is 500 g/mol. The zero-order valence-electron chi connectivity index (χ0n) is 19.9. The van der Waals surface area contributed by atoms with Crippen molar-refractivity contribution in [1.82, 2.24) is 20.2 Å². The summed E-state index contributed by atoms with van der Waals surface area (Å²) in [5, 5.41) is 2.61. The van der Waals surface area contributed by atoms with Gasteiger partial charge in [0.15, 0.2) is 5.78 Å². The van der Waals surface area contributed by atoms with E-state index in [2.05, 4.69) is 15.3 Å². The lowest BCUT2D eigenvalue weighted by molar-refractivity contribution is -0.139. The van der Waals surface area contributed by atoms with E-state index in [-0.39, 0.29) is 36.7 Å². The van der Waals surface area contributed by atoms with Crippen molar-refractivity contribution in [2.75, 3.05) is 13.2 Å². The van der Waals surface area contributed by atoms with Crippen LogP contribution in [0.25, 0.3) is 10.4 Å². The molecule has 4 atom stereocenters. The fourth-order valence-electron chi connectivity index (χ4n) is 5.70.